The number of carbonyl (C=O) groups excluding carboxylic acids is 4. The van der Waals surface area contributed by atoms with Gasteiger partial charge in [-0.05, 0) is 32.8 Å². The van der Waals surface area contributed by atoms with Gasteiger partial charge < -0.3 is 0 Å². The molecule has 0 amide bonds. The molecule has 1 fully saturated rings. The molecule has 1 aromatic rings. The van der Waals surface area contributed by atoms with Crippen molar-refractivity contribution in [2.24, 2.45) is 17.3 Å². The predicted octanol–water partition coefficient (Wildman–Crippen LogP) is 2.19. The molecule has 1 aliphatic rings. The van der Waals surface area contributed by atoms with E-state index in [1.807, 2.05) is 30.3 Å². The molecule has 0 N–H and O–H groups in total. The lowest BCUT2D eigenvalue weighted by Gasteiger charge is -2.34. The van der Waals surface area contributed by atoms with E-state index in [2.05, 4.69) is 0 Å². The van der Waals surface area contributed by atoms with Crippen molar-refractivity contribution in [2.45, 2.75) is 33.6 Å². The van der Waals surface area contributed by atoms with Crippen molar-refractivity contribution in [1.82, 2.24) is 0 Å². The van der Waals surface area contributed by atoms with Crippen molar-refractivity contribution in [3.8, 4) is 0 Å². The zero-order valence-corrected chi connectivity index (χ0v) is 13.1. The first-order valence-electron chi connectivity index (χ1n) is 7.46. The first-order chi connectivity index (χ1) is 10.3. The number of hydrogen-bond donors (Lipinski definition) is 0. The molecule has 2 rings (SSSR count). The maximum absolute atomic E-state index is 12.4. The van der Waals surface area contributed by atoms with E-state index < -0.39 is 34.6 Å². The zero-order valence-electron chi connectivity index (χ0n) is 13.1. The standard InChI is InChI=1S/C18H20O4/c1-11-15(20)14(17(22)18(2,3)16(11)21)13(19)10-9-12-7-5-4-6-8-12/h4-8,11,14H,9-10H2,1-3H3/t11-,14-/m1/s1. The van der Waals surface area contributed by atoms with E-state index in [4.69, 9.17) is 0 Å². The largest absolute Gasteiger partial charge is 0.298 e. The summed E-state index contributed by atoms with van der Waals surface area (Å²) >= 11 is 0. The Morgan fingerprint density at radius 2 is 1.64 bits per heavy atom. The quantitative estimate of drug-likeness (QED) is 0.799. The molecule has 0 bridgehead atoms. The maximum Gasteiger partial charge on any atom is 0.163 e. The highest BCUT2D eigenvalue weighted by Gasteiger charge is 2.54. The molecule has 4 heteroatoms. The normalized spacial score (nSPS) is 24.4. The summed E-state index contributed by atoms with van der Waals surface area (Å²) in [6.45, 7) is 4.48. The van der Waals surface area contributed by atoms with Gasteiger partial charge in [0.1, 0.15) is 5.92 Å². The van der Waals surface area contributed by atoms with Crippen LogP contribution in [0.4, 0.5) is 0 Å². The van der Waals surface area contributed by atoms with E-state index in [0.717, 1.165) is 5.56 Å². The number of Topliss-reactive ketones (excluding diaryl/α,β-unsaturated/α-hetero) is 4. The van der Waals surface area contributed by atoms with Crippen LogP contribution < -0.4 is 0 Å². The van der Waals surface area contributed by atoms with Crippen LogP contribution in [0.3, 0.4) is 0 Å². The van der Waals surface area contributed by atoms with Gasteiger partial charge in [-0.2, -0.15) is 0 Å². The molecule has 4 nitrogen and oxygen atoms in total. The summed E-state index contributed by atoms with van der Waals surface area (Å²) in [5.41, 5.74) is -0.282. The van der Waals surface area contributed by atoms with Gasteiger partial charge in [-0.3, -0.25) is 19.2 Å². The van der Waals surface area contributed by atoms with Crippen LogP contribution in [0.2, 0.25) is 0 Å². The first kappa shape index (κ1) is 16.3. The van der Waals surface area contributed by atoms with Crippen molar-refractivity contribution in [1.29, 1.82) is 0 Å². The molecule has 22 heavy (non-hydrogen) atoms. The van der Waals surface area contributed by atoms with Crippen LogP contribution in [-0.4, -0.2) is 23.1 Å². The van der Waals surface area contributed by atoms with Gasteiger partial charge in [0.15, 0.2) is 23.1 Å². The third-order valence-corrected chi connectivity index (χ3v) is 4.42. The summed E-state index contributed by atoms with van der Waals surface area (Å²) in [4.78, 5) is 49.1. The molecule has 1 aliphatic carbocycles. The molecule has 0 heterocycles. The SMILES string of the molecule is C[C@@H]1C(=O)[C@@H](C(=O)CCc2ccccc2)C(=O)C(C)(C)C1=O. The second-order valence-electron chi connectivity index (χ2n) is 6.36. The van der Waals surface area contributed by atoms with Crippen LogP contribution in [0.15, 0.2) is 30.3 Å². The molecule has 0 radical (unpaired) electrons. The smallest absolute Gasteiger partial charge is 0.163 e. The Morgan fingerprint density at radius 1 is 1.05 bits per heavy atom. The lowest BCUT2D eigenvalue weighted by atomic mass is 9.64. The van der Waals surface area contributed by atoms with E-state index in [1.54, 1.807) is 0 Å². The fourth-order valence-corrected chi connectivity index (χ4v) is 2.89. The summed E-state index contributed by atoms with van der Waals surface area (Å²) in [5.74, 6) is -4.06. The lowest BCUT2D eigenvalue weighted by Crippen LogP contribution is -2.54. The topological polar surface area (TPSA) is 68.3 Å². The second-order valence-corrected chi connectivity index (χ2v) is 6.36. The molecule has 0 saturated heterocycles. The Balaban J connectivity index is 2.16. The molecule has 0 aliphatic heterocycles. The van der Waals surface area contributed by atoms with Gasteiger partial charge in [-0.15, -0.1) is 0 Å². The third kappa shape index (κ3) is 2.78. The highest BCUT2D eigenvalue weighted by Crippen LogP contribution is 2.34. The van der Waals surface area contributed by atoms with Gasteiger partial charge in [0.2, 0.25) is 0 Å². The average Bonchev–Trinajstić information content (AvgIpc) is 2.51. The predicted molar refractivity (Wildman–Crippen MR) is 81.2 cm³/mol. The molecular weight excluding hydrogens is 280 g/mol. The summed E-state index contributed by atoms with van der Waals surface area (Å²) in [7, 11) is 0. The van der Waals surface area contributed by atoms with E-state index in [9.17, 15) is 19.2 Å². The Hall–Kier alpha value is -2.10. The first-order valence-corrected chi connectivity index (χ1v) is 7.46. The summed E-state index contributed by atoms with van der Waals surface area (Å²) < 4.78 is 0. The van der Waals surface area contributed by atoms with Crippen molar-refractivity contribution >= 4 is 23.1 Å². The van der Waals surface area contributed by atoms with Crippen molar-refractivity contribution < 1.29 is 19.2 Å². The molecule has 1 saturated carbocycles. The van der Waals surface area contributed by atoms with Crippen LogP contribution in [-0.2, 0) is 25.6 Å². The Morgan fingerprint density at radius 3 is 2.23 bits per heavy atom. The molecule has 116 valence electrons. The highest BCUT2D eigenvalue weighted by molar-refractivity contribution is 6.33. The highest BCUT2D eigenvalue weighted by atomic mass is 16.2. The van der Waals surface area contributed by atoms with Crippen LogP contribution in [0.25, 0.3) is 0 Å². The minimum atomic E-state index is -1.29. The minimum Gasteiger partial charge on any atom is -0.298 e. The maximum atomic E-state index is 12.4. The fraction of sp³-hybridized carbons (Fsp3) is 0.444. The second kappa shape index (κ2) is 5.95. The molecule has 1 aromatic carbocycles. The Bertz CT molecular complexity index is 628. The number of benzene rings is 1. The molecule has 2 atom stereocenters. The van der Waals surface area contributed by atoms with Gasteiger partial charge in [-0.25, -0.2) is 0 Å². The van der Waals surface area contributed by atoms with E-state index >= 15 is 0 Å². The van der Waals surface area contributed by atoms with Crippen LogP contribution >= 0.6 is 0 Å². The monoisotopic (exact) mass is 300 g/mol. The zero-order chi connectivity index (χ0) is 16.5. The van der Waals surface area contributed by atoms with Crippen LogP contribution in [0.1, 0.15) is 32.8 Å². The molecule has 0 spiro atoms. The van der Waals surface area contributed by atoms with Gasteiger partial charge in [0, 0.05) is 6.42 Å². The summed E-state index contributed by atoms with van der Waals surface area (Å²) in [6.07, 6.45) is 0.614. The number of hydrogen-bond acceptors (Lipinski definition) is 4. The average molecular weight is 300 g/mol. The van der Waals surface area contributed by atoms with Crippen LogP contribution in [0, 0.1) is 17.3 Å². The molecule has 0 aromatic heterocycles. The number of rotatable bonds is 4. The van der Waals surface area contributed by atoms with Gasteiger partial charge >= 0.3 is 0 Å². The van der Waals surface area contributed by atoms with E-state index in [-0.39, 0.29) is 12.2 Å². The molecule has 0 unspecified atom stereocenters. The van der Waals surface area contributed by atoms with Crippen molar-refractivity contribution in [3.63, 3.8) is 0 Å². The lowest BCUT2D eigenvalue weighted by molar-refractivity contribution is -0.156. The Kier molecular flexibility index (Phi) is 4.40. The summed E-state index contributed by atoms with van der Waals surface area (Å²) in [5, 5.41) is 0. The number of aryl methyl sites for hydroxylation is 1. The van der Waals surface area contributed by atoms with E-state index in [0.29, 0.717) is 6.42 Å². The Labute approximate surface area is 129 Å². The molecular formula is C18H20O4. The minimum absolute atomic E-state index is 0.128. The fourth-order valence-electron chi connectivity index (χ4n) is 2.89. The van der Waals surface area contributed by atoms with Crippen molar-refractivity contribution in [3.05, 3.63) is 35.9 Å². The van der Waals surface area contributed by atoms with Crippen molar-refractivity contribution in [2.75, 3.05) is 0 Å². The number of ketones is 4. The van der Waals surface area contributed by atoms with Gasteiger partial charge in [-0.1, -0.05) is 30.3 Å². The van der Waals surface area contributed by atoms with Gasteiger partial charge in [0.05, 0.1) is 11.3 Å². The van der Waals surface area contributed by atoms with E-state index in [1.165, 1.54) is 20.8 Å². The number of carbonyl (C=O) groups is 4. The summed E-state index contributed by atoms with van der Waals surface area (Å²) in [6, 6.07) is 9.43. The third-order valence-electron chi connectivity index (χ3n) is 4.42. The van der Waals surface area contributed by atoms with Crippen LogP contribution in [0.5, 0.6) is 0 Å². The van der Waals surface area contributed by atoms with Gasteiger partial charge in [0.25, 0.3) is 0 Å².